The summed E-state index contributed by atoms with van der Waals surface area (Å²) in [5.74, 6) is 1.77. The third kappa shape index (κ3) is 2.03. The lowest BCUT2D eigenvalue weighted by Gasteiger charge is -2.63. The Bertz CT molecular complexity index is 314. The molecule has 3 aliphatic carbocycles. The van der Waals surface area contributed by atoms with Crippen molar-refractivity contribution in [2.75, 3.05) is 6.54 Å². The van der Waals surface area contributed by atoms with Crippen LogP contribution in [0, 0.1) is 29.1 Å². The summed E-state index contributed by atoms with van der Waals surface area (Å²) in [4.78, 5) is 10.6. The molecular weight excluding hydrogens is 218 g/mol. The Labute approximate surface area is 102 Å². The topological polar surface area (TPSA) is 69.6 Å². The first-order valence-corrected chi connectivity index (χ1v) is 6.49. The minimum absolute atomic E-state index is 0.238. The number of nitrogens with one attached hydrogen (secondary N) is 1. The summed E-state index contributed by atoms with van der Waals surface area (Å²) in [6, 6.07) is 0. The molecule has 98 valence electrons. The van der Waals surface area contributed by atoms with Gasteiger partial charge in [-0.2, -0.15) is 0 Å². The first-order chi connectivity index (χ1) is 7.84. The fourth-order valence-electron chi connectivity index (χ4n) is 4.13. The van der Waals surface area contributed by atoms with Gasteiger partial charge in [0, 0.05) is 6.54 Å². The molecule has 0 aromatic heterocycles. The van der Waals surface area contributed by atoms with E-state index in [1.165, 1.54) is 6.42 Å². The molecule has 4 nitrogen and oxygen atoms in total. The third-order valence-corrected chi connectivity index (χ3v) is 5.22. The van der Waals surface area contributed by atoms with E-state index in [0.29, 0.717) is 29.7 Å². The molecule has 3 fully saturated rings. The Balaban J connectivity index is 2.06. The molecule has 0 spiro atoms. The maximum Gasteiger partial charge on any atom is 0.404 e. The largest absolute Gasteiger partial charge is 0.465 e. The van der Waals surface area contributed by atoms with Crippen LogP contribution in [0.1, 0.15) is 33.6 Å². The van der Waals surface area contributed by atoms with Gasteiger partial charge in [0.2, 0.25) is 0 Å². The van der Waals surface area contributed by atoms with Crippen molar-refractivity contribution in [3.63, 3.8) is 0 Å². The van der Waals surface area contributed by atoms with E-state index in [1.54, 1.807) is 0 Å². The number of fused-ring (bicyclic) bond motifs is 2. The second kappa shape index (κ2) is 4.16. The number of hydrogen-bond donors (Lipinski definition) is 3. The molecule has 1 amide bonds. The molecule has 17 heavy (non-hydrogen) atoms. The van der Waals surface area contributed by atoms with Crippen molar-refractivity contribution in [1.29, 1.82) is 0 Å². The summed E-state index contributed by atoms with van der Waals surface area (Å²) in [6.07, 6.45) is 0.930. The molecule has 0 aliphatic heterocycles. The number of aliphatic hydroxyl groups is 1. The van der Waals surface area contributed by atoms with Gasteiger partial charge in [-0.1, -0.05) is 13.8 Å². The van der Waals surface area contributed by atoms with E-state index >= 15 is 0 Å². The van der Waals surface area contributed by atoms with Crippen molar-refractivity contribution in [3.8, 4) is 0 Å². The van der Waals surface area contributed by atoms with Gasteiger partial charge in [-0.05, 0) is 48.9 Å². The van der Waals surface area contributed by atoms with E-state index in [-0.39, 0.29) is 12.0 Å². The fraction of sp³-hybridized carbons (Fsp3) is 0.923. The van der Waals surface area contributed by atoms with Crippen LogP contribution in [0.3, 0.4) is 0 Å². The zero-order chi connectivity index (χ0) is 12.8. The minimum Gasteiger partial charge on any atom is -0.465 e. The van der Waals surface area contributed by atoms with E-state index in [4.69, 9.17) is 5.11 Å². The summed E-state index contributed by atoms with van der Waals surface area (Å²) < 4.78 is 0. The van der Waals surface area contributed by atoms with Crippen LogP contribution in [0.4, 0.5) is 4.79 Å². The SMILES string of the molecule is CC(O)C1C(CNC(=O)O)CC2CC1C2(C)C. The van der Waals surface area contributed by atoms with Crippen LogP contribution < -0.4 is 5.32 Å². The Morgan fingerprint density at radius 1 is 1.47 bits per heavy atom. The molecule has 3 saturated carbocycles. The van der Waals surface area contributed by atoms with E-state index in [9.17, 15) is 9.90 Å². The molecule has 0 saturated heterocycles. The Morgan fingerprint density at radius 2 is 2.12 bits per heavy atom. The van der Waals surface area contributed by atoms with Crippen LogP contribution in [0.2, 0.25) is 0 Å². The molecule has 3 rings (SSSR count). The maximum atomic E-state index is 10.6. The molecule has 5 unspecified atom stereocenters. The van der Waals surface area contributed by atoms with Crippen LogP contribution in [0.5, 0.6) is 0 Å². The lowest BCUT2D eigenvalue weighted by molar-refractivity contribution is -0.161. The standard InChI is InChI=1S/C13H23NO3/c1-7(15)11-8(6-14-12(16)17)4-9-5-10(11)13(9,2)3/h7-11,14-15H,4-6H2,1-3H3,(H,16,17). The van der Waals surface area contributed by atoms with E-state index < -0.39 is 6.09 Å². The average molecular weight is 241 g/mol. The molecule has 5 atom stereocenters. The lowest BCUT2D eigenvalue weighted by atomic mass is 9.42. The van der Waals surface area contributed by atoms with Gasteiger partial charge in [-0.15, -0.1) is 0 Å². The zero-order valence-corrected chi connectivity index (χ0v) is 10.8. The first-order valence-electron chi connectivity index (χ1n) is 6.49. The van der Waals surface area contributed by atoms with Crippen LogP contribution >= 0.6 is 0 Å². The van der Waals surface area contributed by atoms with Gasteiger partial charge in [0.15, 0.2) is 0 Å². The van der Waals surface area contributed by atoms with Crippen molar-refractivity contribution < 1.29 is 15.0 Å². The number of amides is 1. The maximum absolute atomic E-state index is 10.6. The average Bonchev–Trinajstić information content (AvgIpc) is 2.25. The van der Waals surface area contributed by atoms with Gasteiger partial charge >= 0.3 is 6.09 Å². The highest BCUT2D eigenvalue weighted by Gasteiger charge is 2.58. The monoisotopic (exact) mass is 241 g/mol. The molecule has 3 aliphatic rings. The molecule has 0 aromatic rings. The molecule has 4 heteroatoms. The van der Waals surface area contributed by atoms with Crippen LogP contribution in [-0.4, -0.2) is 29.0 Å². The van der Waals surface area contributed by atoms with Gasteiger partial charge in [0.25, 0.3) is 0 Å². The number of carboxylic acid groups (broad SMARTS) is 1. The van der Waals surface area contributed by atoms with Crippen molar-refractivity contribution in [3.05, 3.63) is 0 Å². The van der Waals surface area contributed by atoms with E-state index in [0.717, 1.165) is 6.42 Å². The number of rotatable bonds is 3. The molecule has 2 bridgehead atoms. The highest BCUT2D eigenvalue weighted by atomic mass is 16.4. The minimum atomic E-state index is -0.965. The van der Waals surface area contributed by atoms with E-state index in [2.05, 4.69) is 19.2 Å². The summed E-state index contributed by atoms with van der Waals surface area (Å²) in [7, 11) is 0. The quantitative estimate of drug-likeness (QED) is 0.707. The Kier molecular flexibility index (Phi) is 3.10. The summed E-state index contributed by atoms with van der Waals surface area (Å²) in [5, 5.41) is 21.1. The number of aliphatic hydroxyl groups excluding tert-OH is 1. The summed E-state index contributed by atoms with van der Waals surface area (Å²) in [5.41, 5.74) is 0.321. The van der Waals surface area contributed by atoms with E-state index in [1.807, 2.05) is 6.92 Å². The van der Waals surface area contributed by atoms with Crippen LogP contribution in [0.25, 0.3) is 0 Å². The second-order valence-corrected chi connectivity index (χ2v) is 6.36. The molecular formula is C13H23NO3. The Morgan fingerprint density at radius 3 is 2.59 bits per heavy atom. The van der Waals surface area contributed by atoms with Gasteiger partial charge in [0.05, 0.1) is 6.10 Å². The second-order valence-electron chi connectivity index (χ2n) is 6.36. The molecule has 3 N–H and O–H groups in total. The van der Waals surface area contributed by atoms with Gasteiger partial charge in [-0.25, -0.2) is 4.79 Å². The fourth-order valence-corrected chi connectivity index (χ4v) is 4.13. The van der Waals surface area contributed by atoms with Gasteiger partial charge in [-0.3, -0.25) is 0 Å². The number of carbonyl (C=O) groups is 1. The van der Waals surface area contributed by atoms with Crippen LogP contribution in [-0.2, 0) is 0 Å². The summed E-state index contributed by atoms with van der Waals surface area (Å²) >= 11 is 0. The Hall–Kier alpha value is -0.770. The molecule has 0 radical (unpaired) electrons. The lowest BCUT2D eigenvalue weighted by Crippen LogP contribution is -2.59. The van der Waals surface area contributed by atoms with Crippen molar-refractivity contribution in [1.82, 2.24) is 5.32 Å². The summed E-state index contributed by atoms with van der Waals surface area (Å²) in [6.45, 7) is 6.88. The van der Waals surface area contributed by atoms with Crippen molar-refractivity contribution in [2.24, 2.45) is 29.1 Å². The van der Waals surface area contributed by atoms with Crippen LogP contribution in [0.15, 0.2) is 0 Å². The van der Waals surface area contributed by atoms with Crippen molar-refractivity contribution in [2.45, 2.75) is 39.7 Å². The van der Waals surface area contributed by atoms with Crippen molar-refractivity contribution >= 4 is 6.09 Å². The predicted molar refractivity (Wildman–Crippen MR) is 64.7 cm³/mol. The highest BCUT2D eigenvalue weighted by molar-refractivity contribution is 5.64. The zero-order valence-electron chi connectivity index (χ0n) is 10.8. The first kappa shape index (κ1) is 12.7. The third-order valence-electron chi connectivity index (χ3n) is 5.22. The smallest absolute Gasteiger partial charge is 0.404 e. The normalized spacial score (nSPS) is 40.2. The molecule has 0 aromatic carbocycles. The van der Waals surface area contributed by atoms with Gasteiger partial charge in [0.1, 0.15) is 0 Å². The number of hydrogen-bond acceptors (Lipinski definition) is 2. The highest BCUT2D eigenvalue weighted by Crippen LogP contribution is 2.63. The predicted octanol–water partition coefficient (Wildman–Crippen LogP) is 1.93. The van der Waals surface area contributed by atoms with Gasteiger partial charge < -0.3 is 15.5 Å². The molecule has 0 heterocycles.